The summed E-state index contributed by atoms with van der Waals surface area (Å²) in [6.45, 7) is 7.27. The van der Waals surface area contributed by atoms with Crippen LogP contribution in [0.3, 0.4) is 0 Å². The Morgan fingerprint density at radius 1 is 1.15 bits per heavy atom. The van der Waals surface area contributed by atoms with Crippen molar-refractivity contribution in [2.75, 3.05) is 28.7 Å². The lowest BCUT2D eigenvalue weighted by molar-refractivity contribution is 0.661. The monoisotopic (exact) mass is 294 g/mol. The molecule has 1 aromatic heterocycles. The Morgan fingerprint density at radius 3 is 2.50 bits per heavy atom. The first kappa shape index (κ1) is 15.4. The standard InChI is InChI=1S/C15H26N4S/c1-4-6-13-18-14(16-5-2)11(3)15(19-13)17-12-7-9-20-10-8-12/h12H,4-10H2,1-3H3,(H2,16,17,18,19). The van der Waals surface area contributed by atoms with Crippen LogP contribution in [0.2, 0.25) is 0 Å². The van der Waals surface area contributed by atoms with Crippen molar-refractivity contribution in [3.05, 3.63) is 11.4 Å². The molecule has 1 aromatic rings. The number of aryl methyl sites for hydroxylation is 1. The van der Waals surface area contributed by atoms with E-state index in [9.17, 15) is 0 Å². The highest BCUT2D eigenvalue weighted by atomic mass is 32.2. The molecule has 0 unspecified atom stereocenters. The van der Waals surface area contributed by atoms with Crippen LogP contribution in [0.15, 0.2) is 0 Å². The first-order chi connectivity index (χ1) is 9.74. The number of aromatic nitrogens is 2. The van der Waals surface area contributed by atoms with E-state index in [1.165, 1.54) is 24.3 Å². The van der Waals surface area contributed by atoms with Gasteiger partial charge in [0.2, 0.25) is 0 Å². The van der Waals surface area contributed by atoms with Gasteiger partial charge in [0, 0.05) is 24.6 Å². The van der Waals surface area contributed by atoms with Gasteiger partial charge < -0.3 is 10.6 Å². The average Bonchev–Trinajstić information content (AvgIpc) is 2.45. The Labute approximate surface area is 126 Å². The number of nitrogens with one attached hydrogen (secondary N) is 2. The second-order valence-electron chi connectivity index (χ2n) is 5.27. The molecule has 5 heteroatoms. The summed E-state index contributed by atoms with van der Waals surface area (Å²) in [7, 11) is 0. The molecule has 4 nitrogen and oxygen atoms in total. The van der Waals surface area contributed by atoms with Crippen LogP contribution in [0.5, 0.6) is 0 Å². The molecule has 1 aliphatic rings. The zero-order valence-corrected chi connectivity index (χ0v) is 13.6. The van der Waals surface area contributed by atoms with Gasteiger partial charge in [-0.3, -0.25) is 0 Å². The van der Waals surface area contributed by atoms with Crippen molar-refractivity contribution >= 4 is 23.4 Å². The topological polar surface area (TPSA) is 49.8 Å². The molecule has 112 valence electrons. The first-order valence-electron chi connectivity index (χ1n) is 7.70. The van der Waals surface area contributed by atoms with Gasteiger partial charge >= 0.3 is 0 Å². The first-order valence-corrected chi connectivity index (χ1v) is 8.85. The number of anilines is 2. The van der Waals surface area contributed by atoms with E-state index < -0.39 is 0 Å². The fourth-order valence-corrected chi connectivity index (χ4v) is 3.52. The summed E-state index contributed by atoms with van der Waals surface area (Å²) in [5.74, 6) is 5.46. The third-order valence-corrected chi connectivity index (χ3v) is 4.62. The predicted molar refractivity (Wildman–Crippen MR) is 88.9 cm³/mol. The molecule has 2 heterocycles. The molecule has 0 amide bonds. The maximum atomic E-state index is 4.73. The van der Waals surface area contributed by atoms with Crippen molar-refractivity contribution in [2.24, 2.45) is 0 Å². The van der Waals surface area contributed by atoms with Crippen LogP contribution in [0.4, 0.5) is 11.6 Å². The summed E-state index contributed by atoms with van der Waals surface area (Å²) in [4.78, 5) is 9.37. The third kappa shape index (κ3) is 4.01. The number of hydrogen-bond donors (Lipinski definition) is 2. The molecule has 2 rings (SSSR count). The minimum atomic E-state index is 0.564. The predicted octanol–water partition coefficient (Wildman–Crippen LogP) is 3.48. The van der Waals surface area contributed by atoms with Crippen molar-refractivity contribution < 1.29 is 0 Å². The fourth-order valence-electron chi connectivity index (χ4n) is 2.41. The minimum absolute atomic E-state index is 0.564. The molecule has 20 heavy (non-hydrogen) atoms. The second-order valence-corrected chi connectivity index (χ2v) is 6.50. The maximum absolute atomic E-state index is 4.73. The number of thioether (sulfide) groups is 1. The summed E-state index contributed by atoms with van der Waals surface area (Å²) >= 11 is 2.05. The zero-order valence-electron chi connectivity index (χ0n) is 12.8. The van der Waals surface area contributed by atoms with Crippen molar-refractivity contribution in [3.8, 4) is 0 Å². The van der Waals surface area contributed by atoms with Crippen LogP contribution < -0.4 is 10.6 Å². The highest BCUT2D eigenvalue weighted by Crippen LogP contribution is 2.25. The minimum Gasteiger partial charge on any atom is -0.370 e. The molecule has 2 N–H and O–H groups in total. The van der Waals surface area contributed by atoms with Crippen LogP contribution in [0, 0.1) is 6.92 Å². The molecule has 0 radical (unpaired) electrons. The summed E-state index contributed by atoms with van der Waals surface area (Å²) in [5, 5.41) is 7.00. The SMILES string of the molecule is CCCc1nc(NCC)c(C)c(NC2CCSCC2)n1. The number of rotatable bonds is 6. The van der Waals surface area contributed by atoms with E-state index >= 15 is 0 Å². The number of hydrogen-bond acceptors (Lipinski definition) is 5. The van der Waals surface area contributed by atoms with Crippen LogP contribution in [-0.2, 0) is 6.42 Å². The second kappa shape index (κ2) is 7.72. The van der Waals surface area contributed by atoms with Crippen LogP contribution >= 0.6 is 11.8 Å². The molecule has 0 saturated carbocycles. The van der Waals surface area contributed by atoms with Crippen LogP contribution in [0.1, 0.15) is 44.5 Å². The maximum Gasteiger partial charge on any atom is 0.134 e. The van der Waals surface area contributed by atoms with E-state index in [1.54, 1.807) is 0 Å². The van der Waals surface area contributed by atoms with Gasteiger partial charge in [0.15, 0.2) is 0 Å². The smallest absolute Gasteiger partial charge is 0.134 e. The van der Waals surface area contributed by atoms with E-state index in [4.69, 9.17) is 4.98 Å². The van der Waals surface area contributed by atoms with Gasteiger partial charge in [0.1, 0.15) is 17.5 Å². The lowest BCUT2D eigenvalue weighted by atomic mass is 10.1. The normalized spacial score (nSPS) is 16.1. The van der Waals surface area contributed by atoms with Gasteiger partial charge in [-0.05, 0) is 44.6 Å². The summed E-state index contributed by atoms with van der Waals surface area (Å²) in [6.07, 6.45) is 4.48. The van der Waals surface area contributed by atoms with Crippen molar-refractivity contribution in [3.63, 3.8) is 0 Å². The molecule has 0 bridgehead atoms. The molecule has 0 spiro atoms. The average molecular weight is 294 g/mol. The van der Waals surface area contributed by atoms with Gasteiger partial charge in [0.25, 0.3) is 0 Å². The lowest BCUT2D eigenvalue weighted by Gasteiger charge is -2.24. The molecule has 1 saturated heterocycles. The van der Waals surface area contributed by atoms with Crippen molar-refractivity contribution in [1.29, 1.82) is 0 Å². The van der Waals surface area contributed by atoms with Gasteiger partial charge in [-0.2, -0.15) is 11.8 Å². The molecule has 1 aliphatic heterocycles. The summed E-state index contributed by atoms with van der Waals surface area (Å²) in [5.41, 5.74) is 1.14. The van der Waals surface area contributed by atoms with E-state index in [2.05, 4.69) is 48.2 Å². The molecule has 1 fully saturated rings. The highest BCUT2D eigenvalue weighted by molar-refractivity contribution is 7.99. The van der Waals surface area contributed by atoms with Gasteiger partial charge in [0.05, 0.1) is 0 Å². The third-order valence-electron chi connectivity index (χ3n) is 3.57. The quantitative estimate of drug-likeness (QED) is 0.841. The molecular weight excluding hydrogens is 268 g/mol. The van der Waals surface area contributed by atoms with Crippen molar-refractivity contribution in [1.82, 2.24) is 9.97 Å². The van der Waals surface area contributed by atoms with Crippen LogP contribution in [-0.4, -0.2) is 34.1 Å². The van der Waals surface area contributed by atoms with Gasteiger partial charge in [-0.25, -0.2) is 9.97 Å². The Balaban J connectivity index is 2.19. The Bertz CT molecular complexity index is 430. The lowest BCUT2D eigenvalue weighted by Crippen LogP contribution is -2.26. The zero-order chi connectivity index (χ0) is 14.4. The van der Waals surface area contributed by atoms with E-state index in [0.29, 0.717) is 6.04 Å². The summed E-state index contributed by atoms with van der Waals surface area (Å²) in [6, 6.07) is 0.564. The van der Waals surface area contributed by atoms with Crippen LogP contribution in [0.25, 0.3) is 0 Å². The van der Waals surface area contributed by atoms with Gasteiger partial charge in [-0.15, -0.1) is 0 Å². The van der Waals surface area contributed by atoms with E-state index in [1.807, 2.05) is 0 Å². The Kier molecular flexibility index (Phi) is 5.95. The Morgan fingerprint density at radius 2 is 1.85 bits per heavy atom. The Hall–Kier alpha value is -0.970. The van der Waals surface area contributed by atoms with E-state index in [0.717, 1.165) is 42.4 Å². The fraction of sp³-hybridized carbons (Fsp3) is 0.733. The number of nitrogens with zero attached hydrogens (tertiary/aromatic N) is 2. The molecular formula is C15H26N4S. The van der Waals surface area contributed by atoms with E-state index in [-0.39, 0.29) is 0 Å². The van der Waals surface area contributed by atoms with Crippen molar-refractivity contribution in [2.45, 2.75) is 52.5 Å². The summed E-state index contributed by atoms with van der Waals surface area (Å²) < 4.78 is 0. The molecule has 0 atom stereocenters. The highest BCUT2D eigenvalue weighted by Gasteiger charge is 2.17. The van der Waals surface area contributed by atoms with Gasteiger partial charge in [-0.1, -0.05) is 6.92 Å². The largest absolute Gasteiger partial charge is 0.370 e. The molecule has 0 aliphatic carbocycles. The molecule has 0 aromatic carbocycles.